The topological polar surface area (TPSA) is 96.6 Å². The number of pyridine rings is 1. The summed E-state index contributed by atoms with van der Waals surface area (Å²) in [5.74, 6) is 2.00. The van der Waals surface area contributed by atoms with Crippen molar-refractivity contribution in [1.82, 2.24) is 19.4 Å². The maximum absolute atomic E-state index is 9.81. The molecule has 0 saturated carbocycles. The molecule has 3 aromatic heterocycles. The van der Waals surface area contributed by atoms with E-state index >= 15 is 0 Å². The molecule has 1 unspecified atom stereocenters. The molecule has 0 aliphatic carbocycles. The van der Waals surface area contributed by atoms with Gasteiger partial charge in [0.15, 0.2) is 0 Å². The number of aromatic nitrogens is 4. The molecular weight excluding hydrogens is 452 g/mol. The number of nitrogens with one attached hydrogen (secondary N) is 2. The van der Waals surface area contributed by atoms with Crippen LogP contribution in [0, 0.1) is 6.92 Å². The van der Waals surface area contributed by atoms with E-state index < -0.39 is 6.23 Å². The lowest BCUT2D eigenvalue weighted by Gasteiger charge is -2.12. The molecule has 4 heterocycles. The zero-order valence-corrected chi connectivity index (χ0v) is 19.6. The first-order valence-electron chi connectivity index (χ1n) is 11.6. The van der Waals surface area contributed by atoms with Gasteiger partial charge in [-0.2, -0.15) is 0 Å². The number of aliphatic hydroxyl groups excluding tert-OH is 1. The van der Waals surface area contributed by atoms with E-state index in [2.05, 4.69) is 37.6 Å². The van der Waals surface area contributed by atoms with Crippen molar-refractivity contribution in [3.05, 3.63) is 96.8 Å². The van der Waals surface area contributed by atoms with Crippen LogP contribution in [0.15, 0.2) is 85.6 Å². The highest BCUT2D eigenvalue weighted by Gasteiger charge is 2.24. The summed E-state index contributed by atoms with van der Waals surface area (Å²) in [6.45, 7) is 6.12. The number of nitrogens with zero attached hydrogens (tertiary/aromatic N) is 4. The number of hydrogen-bond acceptors (Lipinski definition) is 7. The van der Waals surface area contributed by atoms with Gasteiger partial charge in [0.2, 0.25) is 11.8 Å². The number of rotatable bonds is 6. The van der Waals surface area contributed by atoms with Crippen molar-refractivity contribution < 1.29 is 9.84 Å². The second-order valence-corrected chi connectivity index (χ2v) is 8.57. The first kappa shape index (κ1) is 21.8. The maximum Gasteiger partial charge on any atom is 0.219 e. The lowest BCUT2D eigenvalue weighted by atomic mass is 9.99. The van der Waals surface area contributed by atoms with Gasteiger partial charge in [-0.25, -0.2) is 15.0 Å². The minimum absolute atomic E-state index is 0.559. The van der Waals surface area contributed by atoms with E-state index in [1.165, 1.54) is 6.08 Å². The molecule has 5 aromatic rings. The molecule has 3 N–H and O–H groups in total. The number of ether oxygens (including phenoxy) is 1. The Kier molecular flexibility index (Phi) is 5.35. The Morgan fingerprint density at radius 1 is 1.11 bits per heavy atom. The third-order valence-electron chi connectivity index (χ3n) is 6.09. The predicted molar refractivity (Wildman–Crippen MR) is 140 cm³/mol. The molecule has 1 aliphatic rings. The molecule has 0 bridgehead atoms. The van der Waals surface area contributed by atoms with Gasteiger partial charge in [-0.3, -0.25) is 4.40 Å². The fourth-order valence-corrected chi connectivity index (χ4v) is 4.41. The molecule has 1 atom stereocenters. The molecular formula is C28H24N6O2. The minimum atomic E-state index is -0.811. The predicted octanol–water partition coefficient (Wildman–Crippen LogP) is 5.40. The highest BCUT2D eigenvalue weighted by molar-refractivity contribution is 5.86. The van der Waals surface area contributed by atoms with Gasteiger partial charge in [0.25, 0.3) is 0 Å². The zero-order valence-electron chi connectivity index (χ0n) is 19.6. The highest BCUT2D eigenvalue weighted by atomic mass is 16.5. The van der Waals surface area contributed by atoms with Crippen LogP contribution in [0.2, 0.25) is 0 Å². The third-order valence-corrected chi connectivity index (χ3v) is 6.09. The summed E-state index contributed by atoms with van der Waals surface area (Å²) in [7, 11) is 0. The lowest BCUT2D eigenvalue weighted by Crippen LogP contribution is -2.14. The highest BCUT2D eigenvalue weighted by Crippen LogP contribution is 2.39. The van der Waals surface area contributed by atoms with E-state index in [4.69, 9.17) is 9.72 Å². The molecule has 0 radical (unpaired) electrons. The molecule has 0 amide bonds. The van der Waals surface area contributed by atoms with Crippen molar-refractivity contribution in [2.75, 3.05) is 10.6 Å². The minimum Gasteiger partial charge on any atom is -0.439 e. The van der Waals surface area contributed by atoms with Gasteiger partial charge in [-0.05, 0) is 61.0 Å². The number of aryl methyl sites for hydroxylation is 1. The van der Waals surface area contributed by atoms with E-state index in [1.54, 1.807) is 6.20 Å². The van der Waals surface area contributed by atoms with Crippen LogP contribution >= 0.6 is 0 Å². The molecule has 0 fully saturated rings. The summed E-state index contributed by atoms with van der Waals surface area (Å²) in [4.78, 5) is 14.0. The third kappa shape index (κ3) is 3.93. The van der Waals surface area contributed by atoms with Crippen molar-refractivity contribution in [3.8, 4) is 34.1 Å². The molecule has 36 heavy (non-hydrogen) atoms. The molecule has 1 aliphatic heterocycles. The number of imidazole rings is 1. The summed E-state index contributed by atoms with van der Waals surface area (Å²) < 4.78 is 8.11. The quantitative estimate of drug-likeness (QED) is 0.223. The van der Waals surface area contributed by atoms with Crippen LogP contribution in [-0.4, -0.2) is 30.7 Å². The van der Waals surface area contributed by atoms with Crippen LogP contribution in [0.4, 0.5) is 11.6 Å². The Morgan fingerprint density at radius 3 is 2.78 bits per heavy atom. The van der Waals surface area contributed by atoms with Crippen molar-refractivity contribution in [2.45, 2.75) is 19.7 Å². The molecule has 0 saturated heterocycles. The molecule has 2 aromatic carbocycles. The molecule has 6 rings (SSSR count). The monoisotopic (exact) mass is 476 g/mol. The smallest absolute Gasteiger partial charge is 0.219 e. The van der Waals surface area contributed by atoms with Crippen molar-refractivity contribution in [1.29, 1.82) is 0 Å². The van der Waals surface area contributed by atoms with Crippen LogP contribution in [0.3, 0.4) is 0 Å². The van der Waals surface area contributed by atoms with Gasteiger partial charge in [-0.1, -0.05) is 24.8 Å². The Morgan fingerprint density at radius 2 is 1.97 bits per heavy atom. The average Bonchev–Trinajstić information content (AvgIpc) is 3.19. The summed E-state index contributed by atoms with van der Waals surface area (Å²) in [5, 5.41) is 16.2. The SMILES string of the molecule is C=CC(O)Nc1ccc(-c2nc3ccnc4n3c2-c2ccc(Oc3cccc(C)n3)cc2CN4)cc1. The summed E-state index contributed by atoms with van der Waals surface area (Å²) in [6, 6.07) is 21.5. The zero-order chi connectivity index (χ0) is 24.6. The number of anilines is 2. The molecule has 0 spiro atoms. The number of fused-ring (bicyclic) bond motifs is 2. The number of aliphatic hydroxyl groups is 1. The van der Waals surface area contributed by atoms with Crippen LogP contribution in [0.25, 0.3) is 28.2 Å². The van der Waals surface area contributed by atoms with Crippen LogP contribution in [-0.2, 0) is 6.54 Å². The van der Waals surface area contributed by atoms with E-state index in [-0.39, 0.29) is 0 Å². The van der Waals surface area contributed by atoms with Gasteiger partial charge < -0.3 is 20.5 Å². The second-order valence-electron chi connectivity index (χ2n) is 8.57. The van der Waals surface area contributed by atoms with Crippen molar-refractivity contribution in [2.24, 2.45) is 0 Å². The fraction of sp³-hybridized carbons (Fsp3) is 0.107. The molecule has 8 heteroatoms. The first-order chi connectivity index (χ1) is 17.6. The van der Waals surface area contributed by atoms with Gasteiger partial charge in [0.1, 0.15) is 17.6 Å². The summed E-state index contributed by atoms with van der Waals surface area (Å²) in [5.41, 5.74) is 7.36. The Hall–Kier alpha value is -4.69. The van der Waals surface area contributed by atoms with E-state index in [9.17, 15) is 5.11 Å². The van der Waals surface area contributed by atoms with Crippen LogP contribution in [0.1, 0.15) is 11.3 Å². The van der Waals surface area contributed by atoms with Gasteiger partial charge >= 0.3 is 0 Å². The Labute approximate surface area is 208 Å². The number of hydrogen-bond donors (Lipinski definition) is 3. The molecule has 8 nitrogen and oxygen atoms in total. The lowest BCUT2D eigenvalue weighted by molar-refractivity contribution is 0.253. The standard InChI is InChI=1S/C28H24N6O2/c1-3-24(35)32-20-9-7-18(8-10-20)26-27-22-12-11-21(36-25-6-4-5-17(2)31-25)15-19(22)16-30-28-29-14-13-23(33-26)34(27)28/h3-15,24,32,35H,1,16H2,2H3,(H,29,30). The summed E-state index contributed by atoms with van der Waals surface area (Å²) in [6.07, 6.45) is 2.39. The van der Waals surface area contributed by atoms with Crippen LogP contribution in [0.5, 0.6) is 11.6 Å². The van der Waals surface area contributed by atoms with Gasteiger partial charge in [0, 0.05) is 41.3 Å². The van der Waals surface area contributed by atoms with Gasteiger partial charge in [0.05, 0.1) is 11.4 Å². The van der Waals surface area contributed by atoms with E-state index in [0.717, 1.165) is 51.1 Å². The average molecular weight is 477 g/mol. The van der Waals surface area contributed by atoms with Gasteiger partial charge in [-0.15, -0.1) is 0 Å². The largest absolute Gasteiger partial charge is 0.439 e. The number of benzene rings is 2. The Balaban J connectivity index is 1.44. The second kappa shape index (κ2) is 8.83. The van der Waals surface area contributed by atoms with Crippen molar-refractivity contribution >= 4 is 17.3 Å². The summed E-state index contributed by atoms with van der Waals surface area (Å²) >= 11 is 0. The first-order valence-corrected chi connectivity index (χ1v) is 11.6. The van der Waals surface area contributed by atoms with E-state index in [1.807, 2.05) is 67.6 Å². The maximum atomic E-state index is 9.81. The van der Waals surface area contributed by atoms with Crippen molar-refractivity contribution in [3.63, 3.8) is 0 Å². The normalized spacial score (nSPS) is 12.8. The van der Waals surface area contributed by atoms with Crippen LogP contribution < -0.4 is 15.4 Å². The Bertz CT molecular complexity index is 1590. The fourth-order valence-electron chi connectivity index (χ4n) is 4.41. The molecule has 178 valence electrons. The van der Waals surface area contributed by atoms with E-state index in [0.29, 0.717) is 18.2 Å².